The highest BCUT2D eigenvalue weighted by atomic mass is 35.5. The number of hydrogen-bond acceptors (Lipinski definition) is 2. The Morgan fingerprint density at radius 3 is 2.78 bits per heavy atom. The molecule has 0 aromatic rings. The molecule has 0 atom stereocenters. The molecule has 0 bridgehead atoms. The smallest absolute Gasteiger partial charge is 0.0625 e. The molecular formula is C6H10ClNS. The van der Waals surface area contributed by atoms with E-state index in [1.54, 1.807) is 5.41 Å². The fourth-order valence-electron chi connectivity index (χ4n) is 0.208. The molecule has 0 aliphatic carbocycles. The van der Waals surface area contributed by atoms with E-state index in [0.717, 1.165) is 4.91 Å². The van der Waals surface area contributed by atoms with Gasteiger partial charge in [0.2, 0.25) is 0 Å². The molecule has 0 saturated heterocycles. The molecule has 9 heavy (non-hydrogen) atoms. The van der Waals surface area contributed by atoms with Gasteiger partial charge in [-0.3, -0.25) is 0 Å². The van der Waals surface area contributed by atoms with Crippen molar-refractivity contribution < 1.29 is 0 Å². The largest absolute Gasteiger partial charge is 0.401 e. The van der Waals surface area contributed by atoms with Crippen LogP contribution in [0.2, 0.25) is 0 Å². The minimum Gasteiger partial charge on any atom is -0.401 e. The second kappa shape index (κ2) is 4.77. The van der Waals surface area contributed by atoms with E-state index in [9.17, 15) is 0 Å². The maximum Gasteiger partial charge on any atom is 0.0625 e. The van der Waals surface area contributed by atoms with E-state index < -0.39 is 0 Å². The molecule has 0 amide bonds. The summed E-state index contributed by atoms with van der Waals surface area (Å²) in [7, 11) is 0. The van der Waals surface area contributed by atoms with Crippen molar-refractivity contribution in [2.45, 2.75) is 6.92 Å². The Hall–Kier alpha value is -0.0800. The topological polar surface area (TPSA) is 26.0 Å². The molecule has 0 saturated carbocycles. The maximum absolute atomic E-state index is 5.40. The second-order valence-electron chi connectivity index (χ2n) is 1.65. The number of thioether (sulfide) groups is 1. The lowest BCUT2D eigenvalue weighted by Gasteiger charge is -1.92. The zero-order valence-electron chi connectivity index (χ0n) is 5.36. The lowest BCUT2D eigenvalue weighted by molar-refractivity contribution is 1.34. The molecule has 0 spiro atoms. The average Bonchev–Trinajstić information content (AvgIpc) is 1.83. The minimum absolute atomic E-state index is 0.389. The first-order valence-electron chi connectivity index (χ1n) is 2.49. The van der Waals surface area contributed by atoms with Gasteiger partial charge in [0.1, 0.15) is 0 Å². The van der Waals surface area contributed by atoms with Crippen LogP contribution in [0, 0.1) is 0 Å². The van der Waals surface area contributed by atoms with Crippen molar-refractivity contribution in [2.75, 3.05) is 5.88 Å². The summed E-state index contributed by atoms with van der Waals surface area (Å²) in [6.45, 7) is 5.60. The van der Waals surface area contributed by atoms with Crippen molar-refractivity contribution in [1.82, 2.24) is 0 Å². The number of alkyl halides is 1. The summed E-state index contributed by atoms with van der Waals surface area (Å²) >= 11 is 6.90. The van der Waals surface area contributed by atoms with E-state index in [1.807, 2.05) is 6.92 Å². The van der Waals surface area contributed by atoms with Gasteiger partial charge < -0.3 is 5.73 Å². The lowest BCUT2D eigenvalue weighted by atomic mass is 10.6. The molecule has 0 heterocycles. The standard InChI is InChI=1S/C6H10ClNS/c1-5(2)9-4-6(8)3-7/h4H,1,3,8H2,2H3/b6-4-. The Kier molecular flexibility index (Phi) is 4.72. The third-order valence-electron chi connectivity index (χ3n) is 0.566. The molecule has 0 aliphatic rings. The number of nitrogens with two attached hydrogens (primary N) is 1. The molecule has 0 unspecified atom stereocenters. The van der Waals surface area contributed by atoms with Crippen LogP contribution in [0.15, 0.2) is 22.6 Å². The molecule has 52 valence electrons. The summed E-state index contributed by atoms with van der Waals surface area (Å²) < 4.78 is 0. The molecule has 0 aromatic heterocycles. The van der Waals surface area contributed by atoms with E-state index in [-0.39, 0.29) is 0 Å². The van der Waals surface area contributed by atoms with Gasteiger partial charge in [-0.1, -0.05) is 6.58 Å². The molecular weight excluding hydrogens is 154 g/mol. The quantitative estimate of drug-likeness (QED) is 0.647. The summed E-state index contributed by atoms with van der Waals surface area (Å²) in [5.74, 6) is 0.389. The monoisotopic (exact) mass is 163 g/mol. The van der Waals surface area contributed by atoms with Gasteiger partial charge in [-0.05, 0) is 17.2 Å². The third kappa shape index (κ3) is 5.80. The van der Waals surface area contributed by atoms with Gasteiger partial charge in [0.15, 0.2) is 0 Å². The van der Waals surface area contributed by atoms with E-state index in [2.05, 4.69) is 6.58 Å². The van der Waals surface area contributed by atoms with Gasteiger partial charge in [0, 0.05) is 5.70 Å². The molecule has 0 aliphatic heterocycles. The van der Waals surface area contributed by atoms with Crippen LogP contribution in [0.5, 0.6) is 0 Å². The SMILES string of the molecule is C=C(C)S/C=C(\N)CCl. The van der Waals surface area contributed by atoms with Crippen molar-refractivity contribution in [3.05, 3.63) is 22.6 Å². The van der Waals surface area contributed by atoms with Gasteiger partial charge in [-0.15, -0.1) is 23.4 Å². The van der Waals surface area contributed by atoms with Gasteiger partial charge >= 0.3 is 0 Å². The highest BCUT2D eigenvalue weighted by molar-refractivity contribution is 8.05. The van der Waals surface area contributed by atoms with Crippen LogP contribution < -0.4 is 5.73 Å². The third-order valence-corrected chi connectivity index (χ3v) is 1.70. The van der Waals surface area contributed by atoms with Crippen LogP contribution in [-0.2, 0) is 0 Å². The Balaban J connectivity index is 3.56. The van der Waals surface area contributed by atoms with E-state index in [1.165, 1.54) is 11.8 Å². The van der Waals surface area contributed by atoms with E-state index >= 15 is 0 Å². The fourth-order valence-corrected chi connectivity index (χ4v) is 0.812. The van der Waals surface area contributed by atoms with Crippen molar-refractivity contribution >= 4 is 23.4 Å². The first-order chi connectivity index (χ1) is 4.16. The molecule has 0 radical (unpaired) electrons. The van der Waals surface area contributed by atoms with Crippen molar-refractivity contribution in [3.63, 3.8) is 0 Å². The number of rotatable bonds is 3. The molecule has 0 fully saturated rings. The average molecular weight is 164 g/mol. The molecule has 3 heteroatoms. The first-order valence-corrected chi connectivity index (χ1v) is 3.91. The summed E-state index contributed by atoms with van der Waals surface area (Å²) in [4.78, 5) is 1.02. The fraction of sp³-hybridized carbons (Fsp3) is 0.333. The van der Waals surface area contributed by atoms with Gasteiger partial charge in [0.05, 0.1) is 5.88 Å². The highest BCUT2D eigenvalue weighted by Gasteiger charge is 1.85. The predicted octanol–water partition coefficient (Wildman–Crippen LogP) is 2.29. The summed E-state index contributed by atoms with van der Waals surface area (Å²) in [5.41, 5.74) is 6.07. The molecule has 0 rings (SSSR count). The Labute approximate surface area is 65.0 Å². The zero-order valence-corrected chi connectivity index (χ0v) is 6.93. The van der Waals surface area contributed by atoms with Crippen LogP contribution in [0.4, 0.5) is 0 Å². The van der Waals surface area contributed by atoms with E-state index in [0.29, 0.717) is 11.6 Å². The van der Waals surface area contributed by atoms with Crippen molar-refractivity contribution in [3.8, 4) is 0 Å². The van der Waals surface area contributed by atoms with Crippen LogP contribution in [-0.4, -0.2) is 5.88 Å². The number of hydrogen-bond donors (Lipinski definition) is 1. The zero-order chi connectivity index (χ0) is 7.28. The van der Waals surface area contributed by atoms with Crippen LogP contribution in [0.1, 0.15) is 6.92 Å². The Bertz CT molecular complexity index is 131. The molecule has 0 aromatic carbocycles. The number of allylic oxidation sites excluding steroid dienone is 2. The lowest BCUT2D eigenvalue weighted by Crippen LogP contribution is -1.96. The molecule has 2 N–H and O–H groups in total. The summed E-state index contributed by atoms with van der Waals surface area (Å²) in [5, 5.41) is 1.80. The summed E-state index contributed by atoms with van der Waals surface area (Å²) in [6.07, 6.45) is 0. The highest BCUT2D eigenvalue weighted by Crippen LogP contribution is 2.14. The Morgan fingerprint density at radius 2 is 2.44 bits per heavy atom. The normalized spacial score (nSPS) is 11.6. The van der Waals surface area contributed by atoms with Crippen LogP contribution in [0.25, 0.3) is 0 Å². The van der Waals surface area contributed by atoms with Gasteiger partial charge in [0.25, 0.3) is 0 Å². The Morgan fingerprint density at radius 1 is 1.89 bits per heavy atom. The summed E-state index contributed by atoms with van der Waals surface area (Å²) in [6, 6.07) is 0. The minimum atomic E-state index is 0.389. The van der Waals surface area contributed by atoms with Crippen LogP contribution >= 0.6 is 23.4 Å². The first kappa shape index (κ1) is 8.92. The number of halogens is 1. The molecule has 1 nitrogen and oxygen atoms in total. The van der Waals surface area contributed by atoms with Crippen LogP contribution in [0.3, 0.4) is 0 Å². The van der Waals surface area contributed by atoms with Gasteiger partial charge in [-0.25, -0.2) is 0 Å². The van der Waals surface area contributed by atoms with Crippen molar-refractivity contribution in [1.29, 1.82) is 0 Å². The second-order valence-corrected chi connectivity index (χ2v) is 3.08. The maximum atomic E-state index is 5.40. The van der Waals surface area contributed by atoms with E-state index in [4.69, 9.17) is 17.3 Å². The van der Waals surface area contributed by atoms with Gasteiger partial charge in [-0.2, -0.15) is 0 Å². The van der Waals surface area contributed by atoms with Crippen molar-refractivity contribution in [2.24, 2.45) is 5.73 Å². The predicted molar refractivity (Wildman–Crippen MR) is 45.4 cm³/mol.